The van der Waals surface area contributed by atoms with Crippen LogP contribution in [0.5, 0.6) is 0 Å². The van der Waals surface area contributed by atoms with E-state index in [9.17, 15) is 14.9 Å². The van der Waals surface area contributed by atoms with Crippen LogP contribution in [0.15, 0.2) is 24.5 Å². The Morgan fingerprint density at radius 2 is 2.03 bits per heavy atom. The molecule has 0 radical (unpaired) electrons. The van der Waals surface area contributed by atoms with Gasteiger partial charge in [-0.3, -0.25) is 9.78 Å². The number of nitrogens with two attached hydrogens (primary N) is 1. The first kappa shape index (κ1) is 22.4. The van der Waals surface area contributed by atoms with E-state index in [1.807, 2.05) is 0 Å². The number of alkyl halides is 2. The van der Waals surface area contributed by atoms with Crippen molar-refractivity contribution in [3.8, 4) is 6.07 Å². The fourth-order valence-corrected chi connectivity index (χ4v) is 5.47. The highest BCUT2D eigenvalue weighted by atomic mass is 19.3. The molecular formula is C23H29F2N5O2. The van der Waals surface area contributed by atoms with E-state index in [0.29, 0.717) is 50.8 Å². The van der Waals surface area contributed by atoms with Crippen LogP contribution in [0.2, 0.25) is 0 Å². The lowest BCUT2D eigenvalue weighted by atomic mass is 9.51. The summed E-state index contributed by atoms with van der Waals surface area (Å²) in [7, 11) is 0. The number of halogens is 2. The second kappa shape index (κ2) is 8.30. The van der Waals surface area contributed by atoms with Gasteiger partial charge in [-0.1, -0.05) is 6.07 Å². The first-order chi connectivity index (χ1) is 15.2. The Morgan fingerprint density at radius 3 is 2.53 bits per heavy atom. The minimum Gasteiger partial charge on any atom is -0.351 e. The van der Waals surface area contributed by atoms with Crippen molar-refractivity contribution in [2.45, 2.75) is 62.8 Å². The van der Waals surface area contributed by atoms with Crippen LogP contribution in [-0.4, -0.2) is 46.4 Å². The standard InChI is InChI=1S/C23H29F2N5O2/c24-23(25,12-16-2-1-9-28-14-16)13-17(19(31)29-22(15-26)5-6-22)18-3-4-21(18)7-10-30(11-8-21)20(27)32/h1-2,9,14,17-18H,3-8,10-13H2,(H2,27,32)(H,29,31)/t17-,18?/m0/s1. The van der Waals surface area contributed by atoms with Crippen molar-refractivity contribution in [1.82, 2.24) is 15.2 Å². The molecule has 1 aromatic rings. The highest BCUT2D eigenvalue weighted by Gasteiger charge is 2.56. The number of nitriles is 1. The summed E-state index contributed by atoms with van der Waals surface area (Å²) in [6, 6.07) is 4.87. The Balaban J connectivity index is 1.52. The van der Waals surface area contributed by atoms with Crippen molar-refractivity contribution in [2.24, 2.45) is 23.0 Å². The zero-order valence-corrected chi connectivity index (χ0v) is 18.0. The summed E-state index contributed by atoms with van der Waals surface area (Å²) in [5.74, 6) is -4.62. The van der Waals surface area contributed by atoms with Crippen LogP contribution in [0.1, 0.15) is 50.5 Å². The van der Waals surface area contributed by atoms with Gasteiger partial charge in [0.15, 0.2) is 0 Å². The number of hydrogen-bond acceptors (Lipinski definition) is 4. The van der Waals surface area contributed by atoms with Crippen LogP contribution in [0.3, 0.4) is 0 Å². The van der Waals surface area contributed by atoms with Gasteiger partial charge in [-0.15, -0.1) is 0 Å². The quantitative estimate of drug-likeness (QED) is 0.672. The van der Waals surface area contributed by atoms with Crippen molar-refractivity contribution in [3.05, 3.63) is 30.1 Å². The highest BCUT2D eigenvalue weighted by molar-refractivity contribution is 5.81. The zero-order chi connectivity index (χ0) is 23.0. The number of rotatable bonds is 7. The molecule has 0 bridgehead atoms. The molecule has 1 spiro atoms. The number of nitrogens with zero attached hydrogens (tertiary/aromatic N) is 3. The first-order valence-corrected chi connectivity index (χ1v) is 11.2. The number of nitrogens with one attached hydrogen (secondary N) is 1. The van der Waals surface area contributed by atoms with Crippen molar-refractivity contribution in [2.75, 3.05) is 13.1 Å². The molecular weight excluding hydrogens is 416 g/mol. The molecule has 7 nitrogen and oxygen atoms in total. The predicted octanol–water partition coefficient (Wildman–Crippen LogP) is 3.01. The van der Waals surface area contributed by atoms with Crippen molar-refractivity contribution in [1.29, 1.82) is 5.26 Å². The number of pyridine rings is 1. The summed E-state index contributed by atoms with van der Waals surface area (Å²) in [5, 5.41) is 12.2. The number of aromatic nitrogens is 1. The van der Waals surface area contributed by atoms with Gasteiger partial charge in [0.25, 0.3) is 5.92 Å². The van der Waals surface area contributed by atoms with Gasteiger partial charge in [0.05, 0.1) is 6.07 Å². The second-order valence-corrected chi connectivity index (χ2v) is 9.72. The number of likely N-dealkylation sites (tertiary alicyclic amines) is 1. The van der Waals surface area contributed by atoms with Gasteiger partial charge < -0.3 is 16.0 Å². The average Bonchev–Trinajstić information content (AvgIpc) is 3.52. The Morgan fingerprint density at radius 1 is 1.31 bits per heavy atom. The first-order valence-electron chi connectivity index (χ1n) is 11.2. The molecule has 4 rings (SSSR count). The van der Waals surface area contributed by atoms with E-state index in [4.69, 9.17) is 5.73 Å². The molecule has 3 amide bonds. The minimum atomic E-state index is -3.08. The van der Waals surface area contributed by atoms with Crippen LogP contribution in [0.25, 0.3) is 0 Å². The molecule has 0 aromatic carbocycles. The van der Waals surface area contributed by atoms with Gasteiger partial charge >= 0.3 is 6.03 Å². The Labute approximate surface area is 186 Å². The maximum absolute atomic E-state index is 15.2. The molecule has 9 heteroatoms. The van der Waals surface area contributed by atoms with E-state index in [-0.39, 0.29) is 11.3 Å². The van der Waals surface area contributed by atoms with E-state index in [1.54, 1.807) is 17.0 Å². The molecule has 32 heavy (non-hydrogen) atoms. The van der Waals surface area contributed by atoms with Crippen LogP contribution in [-0.2, 0) is 11.2 Å². The summed E-state index contributed by atoms with van der Waals surface area (Å²) < 4.78 is 30.3. The third-order valence-corrected chi connectivity index (χ3v) is 7.66. The van der Waals surface area contributed by atoms with Crippen LogP contribution in [0.4, 0.5) is 13.6 Å². The lowest BCUT2D eigenvalue weighted by molar-refractivity contribution is -0.144. The Bertz CT molecular complexity index is 905. The highest BCUT2D eigenvalue weighted by Crippen LogP contribution is 2.58. The third kappa shape index (κ3) is 4.54. The summed E-state index contributed by atoms with van der Waals surface area (Å²) in [6.45, 7) is 0.961. The van der Waals surface area contributed by atoms with Gasteiger partial charge in [0.2, 0.25) is 5.91 Å². The van der Waals surface area contributed by atoms with Gasteiger partial charge in [0.1, 0.15) is 5.54 Å². The largest absolute Gasteiger partial charge is 0.351 e. The number of piperidine rings is 1. The summed E-state index contributed by atoms with van der Waals surface area (Å²) in [6.07, 6.45) is 5.86. The van der Waals surface area contributed by atoms with Gasteiger partial charge in [-0.05, 0) is 61.5 Å². The van der Waals surface area contributed by atoms with Gasteiger partial charge in [-0.25, -0.2) is 13.6 Å². The monoisotopic (exact) mass is 445 g/mol. The maximum atomic E-state index is 15.2. The molecule has 2 saturated carbocycles. The van der Waals surface area contributed by atoms with Crippen molar-refractivity contribution in [3.63, 3.8) is 0 Å². The van der Waals surface area contributed by atoms with Crippen LogP contribution in [0, 0.1) is 28.6 Å². The number of carbonyl (C=O) groups excluding carboxylic acids is 2. The third-order valence-electron chi connectivity index (χ3n) is 7.66. The van der Waals surface area contributed by atoms with E-state index >= 15 is 8.78 Å². The van der Waals surface area contributed by atoms with Crippen LogP contribution >= 0.6 is 0 Å². The second-order valence-electron chi connectivity index (χ2n) is 9.72. The molecule has 3 aliphatic rings. The average molecular weight is 446 g/mol. The van der Waals surface area contributed by atoms with Crippen LogP contribution < -0.4 is 11.1 Å². The molecule has 1 saturated heterocycles. The molecule has 3 fully saturated rings. The number of hydrogen-bond donors (Lipinski definition) is 2. The number of amides is 3. The molecule has 2 atom stereocenters. The summed E-state index contributed by atoms with van der Waals surface area (Å²) in [4.78, 5) is 30.2. The van der Waals surface area contributed by atoms with E-state index < -0.39 is 42.2 Å². The fraction of sp³-hybridized carbons (Fsp3) is 0.652. The molecule has 1 unspecified atom stereocenters. The van der Waals surface area contributed by atoms with Gasteiger partial charge in [-0.2, -0.15) is 5.26 Å². The molecule has 2 heterocycles. The zero-order valence-electron chi connectivity index (χ0n) is 18.0. The molecule has 1 aliphatic heterocycles. The maximum Gasteiger partial charge on any atom is 0.314 e. The number of carbonyl (C=O) groups is 2. The minimum absolute atomic E-state index is 0.202. The number of urea groups is 1. The Kier molecular flexibility index (Phi) is 5.82. The predicted molar refractivity (Wildman–Crippen MR) is 112 cm³/mol. The van der Waals surface area contributed by atoms with Gasteiger partial charge in [0, 0.05) is 44.2 Å². The molecule has 2 aliphatic carbocycles. The molecule has 172 valence electrons. The molecule has 1 aromatic heterocycles. The SMILES string of the molecule is N#CC1(NC(=O)[C@@H](CC(F)(F)Cc2cccnc2)C2CCC23CCN(C(N)=O)CC3)CC1. The van der Waals surface area contributed by atoms with E-state index in [1.165, 1.54) is 12.4 Å². The smallest absolute Gasteiger partial charge is 0.314 e. The lowest BCUT2D eigenvalue weighted by Gasteiger charge is -2.56. The Hall–Kier alpha value is -2.76. The van der Waals surface area contributed by atoms with E-state index in [2.05, 4.69) is 16.4 Å². The normalized spacial score (nSPS) is 24.2. The summed E-state index contributed by atoms with van der Waals surface area (Å²) >= 11 is 0. The summed E-state index contributed by atoms with van der Waals surface area (Å²) in [5.41, 5.74) is 4.68. The van der Waals surface area contributed by atoms with Crippen molar-refractivity contribution >= 4 is 11.9 Å². The fourth-order valence-electron chi connectivity index (χ4n) is 5.47. The van der Waals surface area contributed by atoms with Crippen molar-refractivity contribution < 1.29 is 18.4 Å². The van der Waals surface area contributed by atoms with E-state index in [0.717, 1.165) is 6.42 Å². The topological polar surface area (TPSA) is 112 Å². The molecule has 3 N–H and O–H groups in total. The number of primary amides is 1. The lowest BCUT2D eigenvalue weighted by Crippen LogP contribution is -2.56.